The van der Waals surface area contributed by atoms with Crippen molar-refractivity contribution in [2.75, 3.05) is 0 Å². The molecule has 2 nitrogen and oxygen atoms in total. The average molecular weight is 803 g/mol. The lowest BCUT2D eigenvalue weighted by Crippen LogP contribution is -2.14. The lowest BCUT2D eigenvalue weighted by Gasteiger charge is -2.22. The van der Waals surface area contributed by atoms with E-state index in [2.05, 4.69) is 226 Å². The molecule has 0 bridgehead atoms. The molecule has 1 aliphatic rings. The monoisotopic (exact) mass is 802 g/mol. The standard InChI is InChI=1S/C61H42N2/c1-61(2)53-30-16-29-47(58(53)52-36-44-21-9-10-22-45(44)37-54(52)61)40-31-33-41(34-32-40)57-48-25-11-13-27-50(48)59(51-28-14-12-26-49(51)57)56-38-55(62-60(63-56)42-19-7-4-8-20-42)46-24-15-23-43(35-46)39-17-5-3-6-18-39/h3-38H,1-2H3. The fraction of sp³-hybridized carbons (Fsp3) is 0.0492. The molecular formula is C61H42N2. The van der Waals surface area contributed by atoms with E-state index in [9.17, 15) is 0 Å². The molecule has 0 unspecified atom stereocenters. The van der Waals surface area contributed by atoms with Gasteiger partial charge in [-0.05, 0) is 112 Å². The molecule has 0 spiro atoms. The van der Waals surface area contributed by atoms with Gasteiger partial charge in [0, 0.05) is 22.1 Å². The third kappa shape index (κ3) is 6.09. The third-order valence-corrected chi connectivity index (χ3v) is 13.3. The van der Waals surface area contributed by atoms with Crippen molar-refractivity contribution < 1.29 is 0 Å². The van der Waals surface area contributed by atoms with Gasteiger partial charge in [0.15, 0.2) is 5.82 Å². The van der Waals surface area contributed by atoms with E-state index in [-0.39, 0.29) is 5.41 Å². The number of aromatic nitrogens is 2. The predicted octanol–water partition coefficient (Wildman–Crippen LogP) is 16.2. The summed E-state index contributed by atoms with van der Waals surface area (Å²) in [5.41, 5.74) is 17.5. The molecule has 0 atom stereocenters. The van der Waals surface area contributed by atoms with Crippen molar-refractivity contribution in [3.63, 3.8) is 0 Å². The van der Waals surface area contributed by atoms with Crippen molar-refractivity contribution in [2.45, 2.75) is 19.3 Å². The minimum absolute atomic E-state index is 0.0945. The highest BCUT2D eigenvalue weighted by atomic mass is 14.9. The number of benzene rings is 10. The van der Waals surface area contributed by atoms with Gasteiger partial charge in [0.05, 0.1) is 11.4 Å². The fourth-order valence-electron chi connectivity index (χ4n) is 10.2. The fourth-order valence-corrected chi connectivity index (χ4v) is 10.2. The molecule has 12 rings (SSSR count). The minimum Gasteiger partial charge on any atom is -0.228 e. The molecule has 0 amide bonds. The van der Waals surface area contributed by atoms with Crippen LogP contribution in [0.2, 0.25) is 0 Å². The van der Waals surface area contributed by atoms with Gasteiger partial charge in [0.1, 0.15) is 0 Å². The first-order valence-electron chi connectivity index (χ1n) is 21.8. The van der Waals surface area contributed by atoms with Gasteiger partial charge in [-0.1, -0.05) is 208 Å². The maximum Gasteiger partial charge on any atom is 0.160 e. The highest BCUT2D eigenvalue weighted by molar-refractivity contribution is 6.21. The number of hydrogen-bond donors (Lipinski definition) is 0. The Kier molecular flexibility index (Phi) is 8.55. The molecule has 0 fully saturated rings. The Morgan fingerprint density at radius 1 is 0.302 bits per heavy atom. The second-order valence-corrected chi connectivity index (χ2v) is 17.3. The van der Waals surface area contributed by atoms with Gasteiger partial charge < -0.3 is 0 Å². The highest BCUT2D eigenvalue weighted by Crippen LogP contribution is 2.53. The number of nitrogens with zero attached hydrogens (tertiary/aromatic N) is 2. The molecular weight excluding hydrogens is 761 g/mol. The number of hydrogen-bond acceptors (Lipinski definition) is 2. The summed E-state index contributed by atoms with van der Waals surface area (Å²) in [4.78, 5) is 10.6. The van der Waals surface area contributed by atoms with Crippen LogP contribution in [-0.2, 0) is 5.41 Å². The van der Waals surface area contributed by atoms with E-state index < -0.39 is 0 Å². The Morgan fingerprint density at radius 3 is 1.51 bits per heavy atom. The van der Waals surface area contributed by atoms with Gasteiger partial charge in [-0.25, -0.2) is 9.97 Å². The van der Waals surface area contributed by atoms with E-state index in [1.165, 1.54) is 71.6 Å². The SMILES string of the molecule is CC1(C)c2cc3ccccc3cc2-c2c(-c3ccc(-c4c5ccccc5c(-c5cc(-c6cccc(-c7ccccc7)c6)nc(-c6ccccc6)n5)c5ccccc45)cc3)cccc21. The molecule has 0 saturated carbocycles. The maximum absolute atomic E-state index is 5.39. The van der Waals surface area contributed by atoms with Crippen LogP contribution in [0.25, 0.3) is 111 Å². The van der Waals surface area contributed by atoms with Crippen LogP contribution < -0.4 is 0 Å². The minimum atomic E-state index is -0.0945. The average Bonchev–Trinajstić information content (AvgIpc) is 3.57. The number of rotatable bonds is 6. The van der Waals surface area contributed by atoms with Crippen LogP contribution in [0.3, 0.4) is 0 Å². The normalized spacial score (nSPS) is 12.7. The van der Waals surface area contributed by atoms with Crippen LogP contribution in [0.4, 0.5) is 0 Å². The van der Waals surface area contributed by atoms with Crippen LogP contribution in [0.5, 0.6) is 0 Å². The Labute approximate surface area is 367 Å². The van der Waals surface area contributed by atoms with Crippen LogP contribution in [0.1, 0.15) is 25.0 Å². The largest absolute Gasteiger partial charge is 0.228 e. The summed E-state index contributed by atoms with van der Waals surface area (Å²) in [7, 11) is 0. The molecule has 1 heterocycles. The lowest BCUT2D eigenvalue weighted by atomic mass is 9.81. The van der Waals surface area contributed by atoms with Gasteiger partial charge in [-0.3, -0.25) is 0 Å². The van der Waals surface area contributed by atoms with Crippen molar-refractivity contribution in [3.05, 3.63) is 230 Å². The van der Waals surface area contributed by atoms with Gasteiger partial charge >= 0.3 is 0 Å². The zero-order chi connectivity index (χ0) is 42.1. The van der Waals surface area contributed by atoms with E-state index in [0.717, 1.165) is 44.4 Å². The molecule has 1 aromatic heterocycles. The second-order valence-electron chi connectivity index (χ2n) is 17.3. The summed E-state index contributed by atoms with van der Waals surface area (Å²) in [6.45, 7) is 4.74. The molecule has 10 aromatic carbocycles. The highest BCUT2D eigenvalue weighted by Gasteiger charge is 2.37. The van der Waals surface area contributed by atoms with Crippen LogP contribution in [-0.4, -0.2) is 9.97 Å². The van der Waals surface area contributed by atoms with E-state index in [0.29, 0.717) is 5.82 Å². The quantitative estimate of drug-likeness (QED) is 0.157. The number of fused-ring (bicyclic) bond motifs is 6. The molecule has 1 aliphatic carbocycles. The predicted molar refractivity (Wildman–Crippen MR) is 265 cm³/mol. The summed E-state index contributed by atoms with van der Waals surface area (Å²) < 4.78 is 0. The van der Waals surface area contributed by atoms with E-state index in [1.807, 2.05) is 6.07 Å². The molecule has 0 radical (unpaired) electrons. The summed E-state index contributed by atoms with van der Waals surface area (Å²) >= 11 is 0. The van der Waals surface area contributed by atoms with E-state index in [4.69, 9.17) is 9.97 Å². The Hall–Kier alpha value is -7.94. The van der Waals surface area contributed by atoms with Crippen molar-refractivity contribution >= 4 is 32.3 Å². The maximum atomic E-state index is 5.39. The lowest BCUT2D eigenvalue weighted by molar-refractivity contribution is 0.661. The van der Waals surface area contributed by atoms with Crippen LogP contribution in [0, 0.1) is 0 Å². The molecule has 0 aliphatic heterocycles. The first-order chi connectivity index (χ1) is 31.0. The second kappa shape index (κ2) is 14.6. The van der Waals surface area contributed by atoms with Crippen molar-refractivity contribution in [3.8, 4) is 78.4 Å². The van der Waals surface area contributed by atoms with Gasteiger partial charge in [-0.2, -0.15) is 0 Å². The summed E-state index contributed by atoms with van der Waals surface area (Å²) in [6, 6.07) is 79.1. The summed E-state index contributed by atoms with van der Waals surface area (Å²) in [6.07, 6.45) is 0. The van der Waals surface area contributed by atoms with Gasteiger partial charge in [0.2, 0.25) is 0 Å². The molecule has 11 aromatic rings. The van der Waals surface area contributed by atoms with E-state index in [1.54, 1.807) is 0 Å². The smallest absolute Gasteiger partial charge is 0.160 e. The molecule has 0 saturated heterocycles. The van der Waals surface area contributed by atoms with Crippen molar-refractivity contribution in [2.24, 2.45) is 0 Å². The zero-order valence-electron chi connectivity index (χ0n) is 35.2. The molecule has 63 heavy (non-hydrogen) atoms. The van der Waals surface area contributed by atoms with Crippen molar-refractivity contribution in [1.29, 1.82) is 0 Å². The Balaban J connectivity index is 1.02. The molecule has 0 N–H and O–H groups in total. The third-order valence-electron chi connectivity index (χ3n) is 13.3. The molecule has 296 valence electrons. The summed E-state index contributed by atoms with van der Waals surface area (Å²) in [5.74, 6) is 0.702. The van der Waals surface area contributed by atoms with Gasteiger partial charge in [-0.15, -0.1) is 0 Å². The van der Waals surface area contributed by atoms with Gasteiger partial charge in [0.25, 0.3) is 0 Å². The first kappa shape index (κ1) is 36.9. The zero-order valence-corrected chi connectivity index (χ0v) is 35.2. The topological polar surface area (TPSA) is 25.8 Å². The Bertz CT molecular complexity index is 3510. The van der Waals surface area contributed by atoms with Crippen LogP contribution in [0.15, 0.2) is 218 Å². The van der Waals surface area contributed by atoms with E-state index >= 15 is 0 Å². The van der Waals surface area contributed by atoms with Crippen molar-refractivity contribution in [1.82, 2.24) is 9.97 Å². The summed E-state index contributed by atoms with van der Waals surface area (Å²) in [5, 5.41) is 7.26. The van der Waals surface area contributed by atoms with Crippen LogP contribution >= 0.6 is 0 Å². The first-order valence-corrected chi connectivity index (χ1v) is 21.8. The molecule has 2 heteroatoms. The Morgan fingerprint density at radius 2 is 0.825 bits per heavy atom.